The fourth-order valence-electron chi connectivity index (χ4n) is 8.81. The van der Waals surface area contributed by atoms with E-state index in [1.165, 1.54) is 60.8 Å². The van der Waals surface area contributed by atoms with Gasteiger partial charge in [0.1, 0.15) is 0 Å². The van der Waals surface area contributed by atoms with Crippen LogP contribution in [0.2, 0.25) is 0 Å². The van der Waals surface area contributed by atoms with Crippen molar-refractivity contribution in [3.05, 3.63) is 174 Å². The average molecular weight is 668 g/mol. The van der Waals surface area contributed by atoms with E-state index in [2.05, 4.69) is 179 Å². The molecule has 2 aliphatic rings. The summed E-state index contributed by atoms with van der Waals surface area (Å²) in [5.74, 6) is 2.04. The zero-order valence-electron chi connectivity index (χ0n) is 29.8. The molecule has 1 aromatic heterocycles. The average Bonchev–Trinajstić information content (AvgIpc) is 3.57. The van der Waals surface area contributed by atoms with Crippen LogP contribution in [0.4, 0.5) is 0 Å². The topological polar surface area (TPSA) is 38.7 Å². The second-order valence-electron chi connectivity index (χ2n) is 15.2. The van der Waals surface area contributed by atoms with E-state index in [9.17, 15) is 0 Å². The summed E-state index contributed by atoms with van der Waals surface area (Å²) in [5, 5.41) is 2.47. The van der Waals surface area contributed by atoms with Gasteiger partial charge in [-0.3, -0.25) is 0 Å². The van der Waals surface area contributed by atoms with Crippen molar-refractivity contribution in [3.63, 3.8) is 0 Å². The number of hydrogen-bond donors (Lipinski definition) is 0. The van der Waals surface area contributed by atoms with Crippen LogP contribution in [0, 0.1) is 0 Å². The SMILES string of the molecule is CC1(C)c2ccccc2-c2c(-c3nc(-c4ccc(-c5ccc6ccccc6c5)cc4)nc(-c4cccc5c4-c4ccccc4C5(C)C)n3)cccc21. The summed E-state index contributed by atoms with van der Waals surface area (Å²) in [6.07, 6.45) is 0. The van der Waals surface area contributed by atoms with E-state index in [4.69, 9.17) is 15.0 Å². The van der Waals surface area contributed by atoms with Crippen LogP contribution in [-0.4, -0.2) is 15.0 Å². The molecule has 0 saturated heterocycles. The largest absolute Gasteiger partial charge is 0.208 e. The molecule has 1 heterocycles. The van der Waals surface area contributed by atoms with Crippen LogP contribution in [0.5, 0.6) is 0 Å². The summed E-state index contributed by atoms with van der Waals surface area (Å²) in [4.78, 5) is 15.9. The minimum atomic E-state index is -0.130. The second-order valence-corrected chi connectivity index (χ2v) is 15.2. The summed E-state index contributed by atoms with van der Waals surface area (Å²) in [6, 6.07) is 54.5. The van der Waals surface area contributed by atoms with Crippen LogP contribution in [0.3, 0.4) is 0 Å². The fourth-order valence-corrected chi connectivity index (χ4v) is 8.81. The third-order valence-electron chi connectivity index (χ3n) is 11.6. The smallest absolute Gasteiger partial charge is 0.164 e. The summed E-state index contributed by atoms with van der Waals surface area (Å²) >= 11 is 0. The molecule has 0 unspecified atom stereocenters. The van der Waals surface area contributed by atoms with E-state index in [0.717, 1.165) is 22.3 Å². The lowest BCUT2D eigenvalue weighted by atomic mass is 9.82. The molecular formula is C49H37N3. The number of rotatable bonds is 4. The first-order valence-corrected chi connectivity index (χ1v) is 18.1. The molecule has 8 aromatic rings. The van der Waals surface area contributed by atoms with Gasteiger partial charge < -0.3 is 0 Å². The Morgan fingerprint density at radius 2 is 0.750 bits per heavy atom. The molecule has 2 aliphatic carbocycles. The third-order valence-corrected chi connectivity index (χ3v) is 11.6. The molecule has 0 saturated carbocycles. The minimum absolute atomic E-state index is 0.130. The van der Waals surface area contributed by atoms with Gasteiger partial charge in [-0.05, 0) is 72.5 Å². The van der Waals surface area contributed by atoms with E-state index in [0.29, 0.717) is 17.5 Å². The predicted octanol–water partition coefficient (Wildman–Crippen LogP) is 12.3. The highest BCUT2D eigenvalue weighted by Crippen LogP contribution is 2.53. The van der Waals surface area contributed by atoms with Gasteiger partial charge in [-0.2, -0.15) is 0 Å². The molecule has 0 N–H and O–H groups in total. The zero-order valence-corrected chi connectivity index (χ0v) is 29.8. The highest BCUT2D eigenvalue weighted by Gasteiger charge is 2.39. The Labute approximate surface area is 304 Å². The molecule has 3 heteroatoms. The minimum Gasteiger partial charge on any atom is -0.208 e. The Hall–Kier alpha value is -6.19. The lowest BCUT2D eigenvalue weighted by molar-refractivity contribution is 0.660. The van der Waals surface area contributed by atoms with Crippen LogP contribution >= 0.6 is 0 Å². The third kappa shape index (κ3) is 4.48. The molecule has 0 radical (unpaired) electrons. The molecule has 0 aliphatic heterocycles. The van der Waals surface area contributed by atoms with Gasteiger partial charge in [0.25, 0.3) is 0 Å². The Morgan fingerprint density at radius 1 is 0.327 bits per heavy atom. The highest BCUT2D eigenvalue weighted by atomic mass is 15.0. The maximum absolute atomic E-state index is 5.37. The van der Waals surface area contributed by atoms with Gasteiger partial charge in [0.2, 0.25) is 0 Å². The molecule has 10 rings (SSSR count). The maximum Gasteiger partial charge on any atom is 0.164 e. The van der Waals surface area contributed by atoms with Gasteiger partial charge in [0.15, 0.2) is 17.5 Å². The van der Waals surface area contributed by atoms with Crippen molar-refractivity contribution in [2.24, 2.45) is 0 Å². The normalized spacial score (nSPS) is 14.5. The van der Waals surface area contributed by atoms with Gasteiger partial charge >= 0.3 is 0 Å². The summed E-state index contributed by atoms with van der Waals surface area (Å²) in [5.41, 5.74) is 15.3. The number of hydrogen-bond acceptors (Lipinski definition) is 3. The first-order valence-electron chi connectivity index (χ1n) is 18.1. The van der Waals surface area contributed by atoms with Crippen molar-refractivity contribution in [2.45, 2.75) is 38.5 Å². The molecule has 0 amide bonds. The van der Waals surface area contributed by atoms with Gasteiger partial charge in [0.05, 0.1) is 0 Å². The van der Waals surface area contributed by atoms with Crippen LogP contribution in [0.1, 0.15) is 49.9 Å². The van der Waals surface area contributed by atoms with Crippen molar-refractivity contribution in [1.82, 2.24) is 15.0 Å². The number of nitrogens with zero attached hydrogens (tertiary/aromatic N) is 3. The monoisotopic (exact) mass is 667 g/mol. The van der Waals surface area contributed by atoms with Crippen LogP contribution in [-0.2, 0) is 10.8 Å². The van der Waals surface area contributed by atoms with Crippen molar-refractivity contribution in [2.75, 3.05) is 0 Å². The van der Waals surface area contributed by atoms with Crippen LogP contribution < -0.4 is 0 Å². The Balaban J connectivity index is 1.18. The van der Waals surface area contributed by atoms with Crippen molar-refractivity contribution >= 4 is 10.8 Å². The Bertz CT molecular complexity index is 2610. The molecule has 3 nitrogen and oxygen atoms in total. The van der Waals surface area contributed by atoms with Crippen molar-refractivity contribution in [3.8, 4) is 67.5 Å². The molecule has 248 valence electrons. The van der Waals surface area contributed by atoms with Crippen LogP contribution in [0.25, 0.3) is 78.3 Å². The first kappa shape index (κ1) is 30.6. The zero-order chi connectivity index (χ0) is 35.2. The Morgan fingerprint density at radius 3 is 1.33 bits per heavy atom. The number of aromatic nitrogens is 3. The van der Waals surface area contributed by atoms with E-state index >= 15 is 0 Å². The summed E-state index contributed by atoms with van der Waals surface area (Å²) in [6.45, 7) is 9.26. The summed E-state index contributed by atoms with van der Waals surface area (Å²) < 4.78 is 0. The Kier molecular flexibility index (Phi) is 6.57. The number of fused-ring (bicyclic) bond motifs is 7. The molecule has 0 bridgehead atoms. The second kappa shape index (κ2) is 11.2. The van der Waals surface area contributed by atoms with E-state index in [1.54, 1.807) is 0 Å². The van der Waals surface area contributed by atoms with Crippen molar-refractivity contribution < 1.29 is 0 Å². The van der Waals surface area contributed by atoms with E-state index < -0.39 is 0 Å². The molecular weight excluding hydrogens is 631 g/mol. The molecule has 0 fully saturated rings. The van der Waals surface area contributed by atoms with Crippen molar-refractivity contribution in [1.29, 1.82) is 0 Å². The molecule has 0 atom stereocenters. The van der Waals surface area contributed by atoms with Gasteiger partial charge in [-0.25, -0.2) is 15.0 Å². The van der Waals surface area contributed by atoms with E-state index in [-0.39, 0.29) is 10.8 Å². The van der Waals surface area contributed by atoms with Gasteiger partial charge in [-0.15, -0.1) is 0 Å². The summed E-state index contributed by atoms with van der Waals surface area (Å²) in [7, 11) is 0. The van der Waals surface area contributed by atoms with Crippen LogP contribution in [0.15, 0.2) is 152 Å². The quantitative estimate of drug-likeness (QED) is 0.187. The molecule has 52 heavy (non-hydrogen) atoms. The van der Waals surface area contributed by atoms with E-state index in [1.807, 2.05) is 0 Å². The first-order chi connectivity index (χ1) is 25.3. The van der Waals surface area contributed by atoms with Gasteiger partial charge in [0, 0.05) is 27.5 Å². The fraction of sp³-hybridized carbons (Fsp3) is 0.122. The lowest BCUT2D eigenvalue weighted by Gasteiger charge is -2.21. The molecule has 7 aromatic carbocycles. The standard InChI is InChI=1S/C49H37N3/c1-48(2)39-19-9-7-15-35(39)43-37(17-11-21-41(43)48)46-50-45(32-26-23-31(24-27-32)34-28-25-30-13-5-6-14-33(30)29-34)51-47(52-46)38-18-12-22-42-44(38)36-16-8-10-20-40(36)49(42,3)4/h5-29H,1-4H3. The number of benzene rings is 7. The maximum atomic E-state index is 5.37. The lowest BCUT2D eigenvalue weighted by Crippen LogP contribution is -2.15. The molecule has 0 spiro atoms. The predicted molar refractivity (Wildman–Crippen MR) is 214 cm³/mol. The van der Waals surface area contributed by atoms with Gasteiger partial charge in [-0.1, -0.05) is 173 Å². The highest BCUT2D eigenvalue weighted by molar-refractivity contribution is 5.94.